The van der Waals surface area contributed by atoms with Gasteiger partial charge in [0.15, 0.2) is 0 Å². The maximum absolute atomic E-state index is 11.9. The fraction of sp³-hybridized carbons (Fsp3) is 0.278. The average molecular weight is 283 g/mol. The molecule has 0 aliphatic heterocycles. The molecule has 2 aromatic carbocycles. The second-order valence-electron chi connectivity index (χ2n) is 5.71. The lowest BCUT2D eigenvalue weighted by Crippen LogP contribution is -2.23. The van der Waals surface area contributed by atoms with E-state index < -0.39 is 5.60 Å². The van der Waals surface area contributed by atoms with Gasteiger partial charge < -0.3 is 9.47 Å². The van der Waals surface area contributed by atoms with Crippen LogP contribution >= 0.6 is 0 Å². The van der Waals surface area contributed by atoms with Crippen LogP contribution in [-0.4, -0.2) is 11.6 Å². The molecule has 0 aliphatic rings. The Morgan fingerprint density at radius 2 is 1.81 bits per heavy atom. The Kier molecular flexibility index (Phi) is 4.63. The first kappa shape index (κ1) is 15.1. The molecule has 109 valence electrons. The molecule has 0 heterocycles. The second-order valence-corrected chi connectivity index (χ2v) is 5.71. The third kappa shape index (κ3) is 4.95. The molecule has 3 heteroatoms. The molecule has 1 radical (unpaired) electrons. The molecule has 0 bridgehead atoms. The Morgan fingerprint density at radius 3 is 2.38 bits per heavy atom. The molecule has 0 aliphatic carbocycles. The predicted octanol–water partition coefficient (Wildman–Crippen LogP) is 4.02. The first-order valence-electron chi connectivity index (χ1n) is 6.86. The summed E-state index contributed by atoms with van der Waals surface area (Å²) in [5.41, 5.74) is 1.04. The number of benzene rings is 2. The van der Waals surface area contributed by atoms with Crippen LogP contribution in [0.4, 0.5) is 0 Å². The van der Waals surface area contributed by atoms with Crippen LogP contribution in [0.25, 0.3) is 0 Å². The highest BCUT2D eigenvalue weighted by Crippen LogP contribution is 2.14. The quantitative estimate of drug-likeness (QED) is 0.795. The zero-order chi connectivity index (χ0) is 15.3. The summed E-state index contributed by atoms with van der Waals surface area (Å²) in [5.74, 6) is 0.389. The summed E-state index contributed by atoms with van der Waals surface area (Å²) in [6.45, 7) is 5.99. The topological polar surface area (TPSA) is 35.5 Å². The number of hydrogen-bond donors (Lipinski definition) is 0. The van der Waals surface area contributed by atoms with Gasteiger partial charge in [0.2, 0.25) is 0 Å². The number of carbonyl (C=O) groups excluding carboxylic acids is 1. The standard InChI is InChI=1S/C18H19O3/c1-18(2,3)21-17(19)15-11-9-14(10-12-15)13-20-16-7-5-4-6-8-16/h4-7,9-12H,13H2,1-3H3. The van der Waals surface area contributed by atoms with Crippen molar-refractivity contribution in [2.75, 3.05) is 0 Å². The number of hydrogen-bond acceptors (Lipinski definition) is 3. The molecular formula is C18H19O3. The van der Waals surface area contributed by atoms with Crippen LogP contribution in [0.3, 0.4) is 0 Å². The van der Waals surface area contributed by atoms with Crippen LogP contribution < -0.4 is 4.74 Å². The zero-order valence-electron chi connectivity index (χ0n) is 12.6. The monoisotopic (exact) mass is 283 g/mol. The minimum atomic E-state index is -0.484. The molecule has 0 amide bonds. The van der Waals surface area contributed by atoms with Crippen molar-refractivity contribution >= 4 is 5.97 Å². The largest absolute Gasteiger partial charge is 0.488 e. The van der Waals surface area contributed by atoms with Gasteiger partial charge in [0.05, 0.1) is 5.56 Å². The van der Waals surface area contributed by atoms with E-state index in [9.17, 15) is 4.79 Å². The molecule has 2 aromatic rings. The highest BCUT2D eigenvalue weighted by molar-refractivity contribution is 5.89. The highest BCUT2D eigenvalue weighted by atomic mass is 16.6. The van der Waals surface area contributed by atoms with Crippen molar-refractivity contribution in [3.8, 4) is 5.75 Å². The van der Waals surface area contributed by atoms with Crippen molar-refractivity contribution in [2.45, 2.75) is 33.0 Å². The van der Waals surface area contributed by atoms with Gasteiger partial charge >= 0.3 is 5.97 Å². The van der Waals surface area contributed by atoms with Gasteiger partial charge in [-0.15, -0.1) is 0 Å². The molecular weight excluding hydrogens is 264 g/mol. The van der Waals surface area contributed by atoms with E-state index in [4.69, 9.17) is 9.47 Å². The maximum Gasteiger partial charge on any atom is 0.338 e. The van der Waals surface area contributed by atoms with E-state index in [1.165, 1.54) is 0 Å². The molecule has 0 saturated heterocycles. The molecule has 2 rings (SSSR count). The van der Waals surface area contributed by atoms with Crippen molar-refractivity contribution in [3.05, 3.63) is 65.7 Å². The lowest BCUT2D eigenvalue weighted by Gasteiger charge is -2.19. The van der Waals surface area contributed by atoms with E-state index >= 15 is 0 Å². The van der Waals surface area contributed by atoms with Gasteiger partial charge in [-0.2, -0.15) is 0 Å². The lowest BCUT2D eigenvalue weighted by molar-refractivity contribution is 0.00695. The number of ether oxygens (including phenoxy) is 2. The summed E-state index contributed by atoms with van der Waals surface area (Å²) >= 11 is 0. The van der Waals surface area contributed by atoms with E-state index in [-0.39, 0.29) is 5.97 Å². The SMILES string of the molecule is CC(C)(C)OC(=O)c1ccc(COc2[c]cccc2)cc1. The minimum absolute atomic E-state index is 0.314. The molecule has 21 heavy (non-hydrogen) atoms. The van der Waals surface area contributed by atoms with Gasteiger partial charge in [-0.3, -0.25) is 0 Å². The highest BCUT2D eigenvalue weighted by Gasteiger charge is 2.17. The van der Waals surface area contributed by atoms with E-state index in [0.717, 1.165) is 5.56 Å². The third-order valence-electron chi connectivity index (χ3n) is 2.66. The van der Waals surface area contributed by atoms with E-state index in [2.05, 4.69) is 6.07 Å². The van der Waals surface area contributed by atoms with Crippen molar-refractivity contribution in [1.82, 2.24) is 0 Å². The van der Waals surface area contributed by atoms with Gasteiger partial charge in [0, 0.05) is 6.07 Å². The third-order valence-corrected chi connectivity index (χ3v) is 2.66. The molecule has 0 aromatic heterocycles. The van der Waals surface area contributed by atoms with Crippen LogP contribution in [0.15, 0.2) is 48.5 Å². The molecule has 3 nitrogen and oxygen atoms in total. The first-order valence-corrected chi connectivity index (χ1v) is 6.86. The smallest absolute Gasteiger partial charge is 0.338 e. The van der Waals surface area contributed by atoms with Crippen LogP contribution in [0.2, 0.25) is 0 Å². The Balaban J connectivity index is 1.94. The predicted molar refractivity (Wildman–Crippen MR) is 81.2 cm³/mol. The number of carbonyl (C=O) groups is 1. The summed E-state index contributed by atoms with van der Waals surface area (Å²) in [5, 5.41) is 0. The summed E-state index contributed by atoms with van der Waals surface area (Å²) in [6.07, 6.45) is 0. The van der Waals surface area contributed by atoms with Crippen LogP contribution in [0, 0.1) is 6.07 Å². The Bertz CT molecular complexity index is 580. The molecule has 0 N–H and O–H groups in total. The van der Waals surface area contributed by atoms with Crippen molar-refractivity contribution in [2.24, 2.45) is 0 Å². The zero-order valence-corrected chi connectivity index (χ0v) is 12.6. The van der Waals surface area contributed by atoms with Crippen LogP contribution in [0.5, 0.6) is 5.75 Å². The molecule has 0 atom stereocenters. The second kappa shape index (κ2) is 6.44. The number of esters is 1. The molecule has 0 fully saturated rings. The van der Waals surface area contributed by atoms with Gasteiger partial charge in [0.25, 0.3) is 0 Å². The lowest BCUT2D eigenvalue weighted by atomic mass is 10.1. The summed E-state index contributed by atoms with van der Waals surface area (Å²) in [6, 6.07) is 17.7. The van der Waals surface area contributed by atoms with Crippen LogP contribution in [-0.2, 0) is 11.3 Å². The first-order chi connectivity index (χ1) is 9.94. The maximum atomic E-state index is 11.9. The van der Waals surface area contributed by atoms with Crippen molar-refractivity contribution in [3.63, 3.8) is 0 Å². The Hall–Kier alpha value is -2.29. The van der Waals surface area contributed by atoms with Gasteiger partial charge in [-0.25, -0.2) is 4.79 Å². The van der Waals surface area contributed by atoms with Gasteiger partial charge in [0.1, 0.15) is 18.0 Å². The van der Waals surface area contributed by atoms with Crippen molar-refractivity contribution in [1.29, 1.82) is 0 Å². The number of rotatable bonds is 4. The summed E-state index contributed by atoms with van der Waals surface area (Å²) < 4.78 is 10.9. The Morgan fingerprint density at radius 1 is 1.10 bits per heavy atom. The molecule has 0 unspecified atom stereocenters. The fourth-order valence-electron chi connectivity index (χ4n) is 1.70. The van der Waals surface area contributed by atoms with E-state index in [0.29, 0.717) is 17.9 Å². The minimum Gasteiger partial charge on any atom is -0.488 e. The molecule has 0 spiro atoms. The summed E-state index contributed by atoms with van der Waals surface area (Å²) in [7, 11) is 0. The molecule has 0 saturated carbocycles. The fourth-order valence-corrected chi connectivity index (χ4v) is 1.70. The van der Waals surface area contributed by atoms with Crippen LogP contribution in [0.1, 0.15) is 36.7 Å². The van der Waals surface area contributed by atoms with Crippen molar-refractivity contribution < 1.29 is 14.3 Å². The summed E-state index contributed by atoms with van der Waals surface area (Å²) in [4.78, 5) is 11.9. The normalized spacial score (nSPS) is 11.0. The van der Waals surface area contributed by atoms with Gasteiger partial charge in [-0.05, 0) is 44.5 Å². The number of para-hydroxylation sites is 1. The average Bonchev–Trinajstić information content (AvgIpc) is 2.45. The van der Waals surface area contributed by atoms with Gasteiger partial charge in [-0.1, -0.05) is 30.3 Å². The van der Waals surface area contributed by atoms with E-state index in [1.807, 2.05) is 51.1 Å². The Labute approximate surface area is 125 Å². The van der Waals surface area contributed by atoms with E-state index in [1.54, 1.807) is 18.2 Å².